The molecule has 0 bridgehead atoms. The number of pyridine rings is 3. The van der Waals surface area contributed by atoms with Crippen LogP contribution < -0.4 is 35.0 Å². The highest BCUT2D eigenvalue weighted by molar-refractivity contribution is 5.79. The van der Waals surface area contributed by atoms with E-state index in [-0.39, 0.29) is 110 Å². The number of aromatic hydroxyl groups is 6. The zero-order valence-electron chi connectivity index (χ0n) is 31.3. The molecule has 3 aromatic heterocycles. The Morgan fingerprint density at radius 2 is 0.811 bits per heavy atom. The lowest BCUT2D eigenvalue weighted by molar-refractivity contribution is -0.686. The molecule has 3 rings (SSSR count). The standard InChI is InChI=1S/C36H49N7O10/c1-20-14-27(45)33(51)24(41(20)5)17-37-30(48)8-11-36(40-23(4)44,12-9-31(49)38-18-25-34(52)28(46)15-21(2)42(25)6)13-10-32(50)39-19-26-35(53)29(47)16-22(3)43(26)7/h14-16H,8-13,17-19H2,1-7H3,(H7,37,38,39,40,44,48,49,50,51,52,53)/p+3. The number of amides is 4. The Morgan fingerprint density at radius 1 is 0.547 bits per heavy atom. The predicted molar refractivity (Wildman–Crippen MR) is 187 cm³/mol. The van der Waals surface area contributed by atoms with Gasteiger partial charge in [-0.15, -0.1) is 0 Å². The minimum atomic E-state index is -1.23. The average Bonchev–Trinajstić information content (AvgIpc) is 3.09. The molecule has 0 saturated heterocycles. The maximum Gasteiger partial charge on any atom is 0.246 e. The van der Waals surface area contributed by atoms with E-state index in [2.05, 4.69) is 21.3 Å². The molecular weight excluding hydrogens is 690 g/mol. The van der Waals surface area contributed by atoms with Crippen LogP contribution in [0.15, 0.2) is 18.2 Å². The number of aryl methyl sites for hydroxylation is 3. The summed E-state index contributed by atoms with van der Waals surface area (Å²) >= 11 is 0. The zero-order valence-corrected chi connectivity index (χ0v) is 31.3. The van der Waals surface area contributed by atoms with Gasteiger partial charge in [0.05, 0.1) is 18.2 Å². The van der Waals surface area contributed by atoms with Crippen LogP contribution in [0.1, 0.15) is 79.6 Å². The molecule has 0 aliphatic heterocycles. The Kier molecular flexibility index (Phi) is 13.8. The number of carbonyl (C=O) groups excluding carboxylic acids is 4. The van der Waals surface area contributed by atoms with Crippen LogP contribution >= 0.6 is 0 Å². The summed E-state index contributed by atoms with van der Waals surface area (Å²) in [7, 11) is 5.00. The van der Waals surface area contributed by atoms with E-state index in [9.17, 15) is 49.8 Å². The minimum absolute atomic E-state index is 0.0130. The van der Waals surface area contributed by atoms with Crippen molar-refractivity contribution < 1.29 is 63.5 Å². The molecule has 10 N–H and O–H groups in total. The molecule has 0 saturated carbocycles. The molecule has 17 heteroatoms. The number of carbonyl (C=O) groups is 4. The molecule has 53 heavy (non-hydrogen) atoms. The van der Waals surface area contributed by atoms with Crippen molar-refractivity contribution in [2.75, 3.05) is 0 Å². The Hall–Kier alpha value is -5.87. The first-order valence-corrected chi connectivity index (χ1v) is 17.1. The largest absolute Gasteiger partial charge is 0.504 e. The van der Waals surface area contributed by atoms with Gasteiger partial charge < -0.3 is 51.9 Å². The summed E-state index contributed by atoms with van der Waals surface area (Å²) in [5.74, 6) is -3.99. The molecule has 0 aliphatic carbocycles. The highest BCUT2D eigenvalue weighted by Gasteiger charge is 2.34. The molecule has 0 radical (unpaired) electrons. The van der Waals surface area contributed by atoms with Gasteiger partial charge >= 0.3 is 0 Å². The molecule has 0 fully saturated rings. The fraction of sp³-hybridized carbons (Fsp3) is 0.472. The summed E-state index contributed by atoms with van der Waals surface area (Å²) in [5.41, 5.74) is 1.47. The molecule has 3 heterocycles. The SMILES string of the molecule is CC(=O)NC(CCC(=O)NCc1c(O)c(O)cc(C)[n+]1C)(CCC(=O)NCc1c(O)c(O)cc(C)[n+]1C)CCC(=O)NCc1c(O)c(O)cc(C)[n+]1C. The van der Waals surface area contributed by atoms with Crippen molar-refractivity contribution in [2.45, 2.75) is 91.4 Å². The van der Waals surface area contributed by atoms with Gasteiger partial charge in [-0.25, -0.2) is 0 Å². The van der Waals surface area contributed by atoms with Crippen LogP contribution in [0.5, 0.6) is 34.5 Å². The van der Waals surface area contributed by atoms with E-state index in [0.717, 1.165) is 0 Å². The Balaban J connectivity index is 1.79. The zero-order chi connectivity index (χ0) is 39.8. The van der Waals surface area contributed by atoms with Crippen molar-refractivity contribution in [3.05, 3.63) is 52.4 Å². The van der Waals surface area contributed by atoms with Crippen molar-refractivity contribution in [3.8, 4) is 34.5 Å². The van der Waals surface area contributed by atoms with Crippen LogP contribution in [0, 0.1) is 20.8 Å². The highest BCUT2D eigenvalue weighted by atomic mass is 16.3. The molecule has 0 atom stereocenters. The van der Waals surface area contributed by atoms with Crippen molar-refractivity contribution >= 4 is 23.6 Å². The topological polar surface area (TPSA) is 249 Å². The van der Waals surface area contributed by atoms with Crippen LogP contribution in [0.3, 0.4) is 0 Å². The first kappa shape index (κ1) is 41.5. The fourth-order valence-corrected chi connectivity index (χ4v) is 6.06. The second-order valence-corrected chi connectivity index (χ2v) is 13.4. The smallest absolute Gasteiger partial charge is 0.246 e. The van der Waals surface area contributed by atoms with Gasteiger partial charge in [0.1, 0.15) is 40.8 Å². The van der Waals surface area contributed by atoms with Crippen LogP contribution in [-0.2, 0) is 60.0 Å². The van der Waals surface area contributed by atoms with Crippen LogP contribution in [0.4, 0.5) is 0 Å². The normalized spacial score (nSPS) is 11.2. The third kappa shape index (κ3) is 10.6. The highest BCUT2D eigenvalue weighted by Crippen LogP contribution is 2.30. The van der Waals surface area contributed by atoms with E-state index in [1.165, 1.54) is 25.1 Å². The van der Waals surface area contributed by atoms with Gasteiger partial charge in [0.25, 0.3) is 0 Å². The van der Waals surface area contributed by atoms with Gasteiger partial charge in [0.15, 0.2) is 34.3 Å². The first-order chi connectivity index (χ1) is 24.8. The van der Waals surface area contributed by atoms with E-state index >= 15 is 0 Å². The van der Waals surface area contributed by atoms with Gasteiger partial charge in [-0.1, -0.05) is 0 Å². The van der Waals surface area contributed by atoms with Crippen LogP contribution in [0.2, 0.25) is 0 Å². The summed E-state index contributed by atoms with van der Waals surface area (Å²) in [6, 6.07) is 4.15. The monoisotopic (exact) mass is 742 g/mol. The summed E-state index contributed by atoms with van der Waals surface area (Å²) < 4.78 is 4.84. The number of aromatic nitrogens is 3. The second-order valence-electron chi connectivity index (χ2n) is 13.4. The Labute approximate surface area is 307 Å². The Bertz CT molecular complexity index is 1620. The predicted octanol–water partition coefficient (Wildman–Crippen LogP) is -0.217. The fourth-order valence-electron chi connectivity index (χ4n) is 6.06. The van der Waals surface area contributed by atoms with Gasteiger partial charge in [0.2, 0.25) is 58.0 Å². The van der Waals surface area contributed by atoms with Crippen molar-refractivity contribution in [1.82, 2.24) is 21.3 Å². The van der Waals surface area contributed by atoms with E-state index in [4.69, 9.17) is 0 Å². The lowest BCUT2D eigenvalue weighted by Crippen LogP contribution is -2.50. The van der Waals surface area contributed by atoms with Crippen LogP contribution in [-0.4, -0.2) is 59.8 Å². The quantitative estimate of drug-likeness (QED) is 0.0865. The van der Waals surface area contributed by atoms with E-state index < -0.39 is 29.2 Å². The molecular formula is C36H52N7O10+3. The second kappa shape index (κ2) is 17.6. The third-order valence-electron chi connectivity index (χ3n) is 9.68. The van der Waals surface area contributed by atoms with Crippen molar-refractivity contribution in [2.24, 2.45) is 21.1 Å². The lowest BCUT2D eigenvalue weighted by atomic mass is 9.83. The summed E-state index contributed by atoms with van der Waals surface area (Å²) in [6.07, 6.45) is -0.406. The molecule has 0 spiro atoms. The van der Waals surface area contributed by atoms with Crippen molar-refractivity contribution in [1.29, 1.82) is 0 Å². The molecule has 0 aromatic carbocycles. The summed E-state index contributed by atoms with van der Waals surface area (Å²) in [4.78, 5) is 52.0. The Morgan fingerprint density at radius 3 is 1.06 bits per heavy atom. The van der Waals surface area contributed by atoms with Crippen LogP contribution in [0.25, 0.3) is 0 Å². The number of hydrogen-bond acceptors (Lipinski definition) is 10. The number of hydrogen-bond donors (Lipinski definition) is 10. The first-order valence-electron chi connectivity index (χ1n) is 17.1. The van der Waals surface area contributed by atoms with E-state index in [1.54, 1.807) is 55.6 Å². The van der Waals surface area contributed by atoms with Gasteiger partial charge in [-0.2, -0.15) is 13.7 Å². The minimum Gasteiger partial charge on any atom is -0.504 e. The number of nitrogens with zero attached hydrogens (tertiary/aromatic N) is 3. The molecule has 3 aromatic rings. The maximum absolute atomic E-state index is 13.1. The lowest BCUT2D eigenvalue weighted by Gasteiger charge is -2.34. The third-order valence-corrected chi connectivity index (χ3v) is 9.68. The van der Waals surface area contributed by atoms with Gasteiger partial charge in [-0.05, 0) is 19.3 Å². The molecule has 0 unspecified atom stereocenters. The molecule has 288 valence electrons. The van der Waals surface area contributed by atoms with Gasteiger partial charge in [0, 0.05) is 52.5 Å². The summed E-state index contributed by atoms with van der Waals surface area (Å²) in [6.45, 7) is 6.09. The molecule has 17 nitrogen and oxygen atoms in total. The number of nitrogens with one attached hydrogen (secondary N) is 4. The summed E-state index contributed by atoms with van der Waals surface area (Å²) in [5, 5.41) is 72.3. The molecule has 4 amide bonds. The molecule has 0 aliphatic rings. The van der Waals surface area contributed by atoms with Gasteiger partial charge in [-0.3, -0.25) is 19.2 Å². The number of rotatable bonds is 16. The van der Waals surface area contributed by atoms with E-state index in [0.29, 0.717) is 17.1 Å². The average molecular weight is 743 g/mol. The maximum atomic E-state index is 13.1. The van der Waals surface area contributed by atoms with E-state index in [1.807, 2.05) is 0 Å². The van der Waals surface area contributed by atoms with Crippen molar-refractivity contribution in [3.63, 3.8) is 0 Å².